The van der Waals surface area contributed by atoms with Crippen molar-refractivity contribution in [2.24, 2.45) is 5.41 Å². The Morgan fingerprint density at radius 3 is 2.57 bits per heavy atom. The highest BCUT2D eigenvalue weighted by atomic mass is 79.9. The van der Waals surface area contributed by atoms with Crippen molar-refractivity contribution in [2.75, 3.05) is 0 Å². The van der Waals surface area contributed by atoms with Crippen molar-refractivity contribution in [1.29, 1.82) is 5.26 Å². The molecular weight excluding hydrogens is 514 g/mol. The molecule has 8 nitrogen and oxygen atoms in total. The van der Waals surface area contributed by atoms with Gasteiger partial charge in [-0.05, 0) is 50.8 Å². The van der Waals surface area contributed by atoms with Crippen LogP contribution in [0.15, 0.2) is 40.1 Å². The molecular formula is C20H19Br2N7O. The molecule has 0 aliphatic heterocycles. The first-order chi connectivity index (χ1) is 14.3. The summed E-state index contributed by atoms with van der Waals surface area (Å²) in [5, 5.41) is 8.59. The maximum atomic E-state index is 12.7. The largest absolute Gasteiger partial charge is 0.345 e. The smallest absolute Gasteiger partial charge is 0.172 e. The van der Waals surface area contributed by atoms with E-state index in [2.05, 4.69) is 67.8 Å². The molecule has 0 spiro atoms. The van der Waals surface area contributed by atoms with E-state index < -0.39 is 5.41 Å². The molecule has 0 atom stereocenters. The molecule has 0 bridgehead atoms. The van der Waals surface area contributed by atoms with Crippen molar-refractivity contribution in [3.05, 3.63) is 45.6 Å². The summed E-state index contributed by atoms with van der Waals surface area (Å²) in [5.74, 6) is 0.0223. The number of rotatable bonds is 5. The van der Waals surface area contributed by atoms with Crippen LogP contribution in [-0.4, -0.2) is 35.7 Å². The Kier molecular flexibility index (Phi) is 6.95. The van der Waals surface area contributed by atoms with Gasteiger partial charge in [-0.1, -0.05) is 13.8 Å². The van der Waals surface area contributed by atoms with Crippen LogP contribution in [0.1, 0.15) is 43.5 Å². The minimum atomic E-state index is -0.518. The number of fused-ring (bicyclic) bond motifs is 2. The Bertz CT molecular complexity index is 1220. The number of hydrogen-bond acceptors (Lipinski definition) is 6. The van der Waals surface area contributed by atoms with E-state index in [-0.39, 0.29) is 5.78 Å². The van der Waals surface area contributed by atoms with Gasteiger partial charge in [0.15, 0.2) is 17.1 Å². The number of halogens is 2. The molecule has 0 unspecified atom stereocenters. The molecule has 0 fully saturated rings. The van der Waals surface area contributed by atoms with Gasteiger partial charge in [0.2, 0.25) is 0 Å². The second-order valence-electron chi connectivity index (χ2n) is 7.22. The van der Waals surface area contributed by atoms with Crippen molar-refractivity contribution < 1.29 is 4.79 Å². The summed E-state index contributed by atoms with van der Waals surface area (Å²) in [6.45, 7) is 3.80. The van der Waals surface area contributed by atoms with E-state index in [9.17, 15) is 4.79 Å². The lowest BCUT2D eigenvalue weighted by Gasteiger charge is -2.21. The first-order valence-corrected chi connectivity index (χ1v) is 10.8. The molecule has 0 saturated carbocycles. The molecule has 0 radical (unpaired) electrons. The predicted octanol–water partition coefficient (Wildman–Crippen LogP) is 5.34. The monoisotopic (exact) mass is 531 g/mol. The maximum Gasteiger partial charge on any atom is 0.172 e. The van der Waals surface area contributed by atoms with Gasteiger partial charge in [0.05, 0.1) is 24.0 Å². The molecule has 4 aromatic rings. The van der Waals surface area contributed by atoms with Gasteiger partial charge in [-0.3, -0.25) is 4.79 Å². The Morgan fingerprint density at radius 2 is 1.83 bits per heavy atom. The van der Waals surface area contributed by atoms with E-state index in [1.807, 2.05) is 26.1 Å². The summed E-state index contributed by atoms with van der Waals surface area (Å²) in [5.41, 5.74) is 2.92. The average molecular weight is 533 g/mol. The van der Waals surface area contributed by atoms with Crippen LogP contribution in [0.5, 0.6) is 0 Å². The topological polar surface area (TPSA) is 124 Å². The number of aromatic amines is 2. The first-order valence-electron chi connectivity index (χ1n) is 9.19. The number of nitrogens with one attached hydrogen (secondary N) is 2. The molecule has 0 aromatic carbocycles. The number of H-pyrrole nitrogens is 2. The van der Waals surface area contributed by atoms with Crippen LogP contribution >= 0.6 is 31.9 Å². The van der Waals surface area contributed by atoms with Crippen LogP contribution < -0.4 is 0 Å². The first kappa shape index (κ1) is 22.1. The highest BCUT2D eigenvalue weighted by Gasteiger charge is 2.30. The van der Waals surface area contributed by atoms with Gasteiger partial charge in [-0.2, -0.15) is 5.26 Å². The average Bonchev–Trinajstić information content (AvgIpc) is 3.34. The summed E-state index contributed by atoms with van der Waals surface area (Å²) < 4.78 is 1.36. The minimum Gasteiger partial charge on any atom is -0.345 e. The number of aromatic nitrogens is 6. The number of hydrogen-bond donors (Lipinski definition) is 2. The number of ketones is 1. The van der Waals surface area contributed by atoms with E-state index in [4.69, 9.17) is 5.26 Å². The van der Waals surface area contributed by atoms with Crippen molar-refractivity contribution in [2.45, 2.75) is 33.1 Å². The minimum absolute atomic E-state index is 0.0223. The summed E-state index contributed by atoms with van der Waals surface area (Å²) in [4.78, 5) is 35.3. The van der Waals surface area contributed by atoms with Crippen molar-refractivity contribution in [3.8, 4) is 6.07 Å². The van der Waals surface area contributed by atoms with Gasteiger partial charge in [-0.15, -0.1) is 0 Å². The molecule has 10 heteroatoms. The summed E-state index contributed by atoms with van der Waals surface area (Å²) in [6.07, 6.45) is 8.59. The Labute approximate surface area is 189 Å². The number of nitrogens with zero attached hydrogens (tertiary/aromatic N) is 5. The van der Waals surface area contributed by atoms with Crippen LogP contribution in [0.25, 0.3) is 22.3 Å². The lowest BCUT2D eigenvalue weighted by atomic mass is 9.80. The fraction of sp³-hybridized carbons (Fsp3) is 0.300. The second kappa shape index (κ2) is 9.45. The van der Waals surface area contributed by atoms with Gasteiger partial charge in [0.25, 0.3) is 0 Å². The fourth-order valence-electron chi connectivity index (χ4n) is 2.94. The number of carbonyl (C=O) groups excluding carboxylic acids is 1. The normalized spacial score (nSPS) is 11.2. The van der Waals surface area contributed by atoms with Gasteiger partial charge in [0.1, 0.15) is 20.2 Å². The van der Waals surface area contributed by atoms with Crippen LogP contribution in [0, 0.1) is 16.7 Å². The molecule has 4 rings (SSSR count). The lowest BCUT2D eigenvalue weighted by Crippen LogP contribution is -2.24. The molecule has 154 valence electrons. The van der Waals surface area contributed by atoms with E-state index >= 15 is 0 Å². The Hall–Kier alpha value is -2.64. The van der Waals surface area contributed by atoms with Crippen LogP contribution in [0.3, 0.4) is 0 Å². The quantitative estimate of drug-likeness (QED) is 0.264. The number of unbranched alkanes of at least 4 members (excludes halogenated alkanes) is 1. The molecule has 0 aliphatic carbocycles. The van der Waals surface area contributed by atoms with E-state index in [0.29, 0.717) is 40.6 Å². The predicted molar refractivity (Wildman–Crippen MR) is 121 cm³/mol. The standard InChI is InChI=1S/C14H15BrN4O.C6H4BrN3/c1-14(2,5-3-4-6-16)12(20)9-7-17-13-11(9)19-10(15)8-18-13;7-5-3-9-6-4(10-5)1-2-8-6/h7-8H,3-5H2,1-2H3,(H,17,18);1-3H,(H,8,9). The van der Waals surface area contributed by atoms with E-state index in [1.54, 1.807) is 18.6 Å². The zero-order valence-corrected chi connectivity index (χ0v) is 19.6. The zero-order chi connectivity index (χ0) is 21.7. The molecule has 2 N–H and O–H groups in total. The SMILES string of the molecule is Brc1cnc2[nH]ccc2n1.CC(C)(CCCC#N)C(=O)c1c[nH]c2ncc(Br)nc12. The molecule has 0 amide bonds. The Morgan fingerprint density at radius 1 is 1.13 bits per heavy atom. The third-order valence-electron chi connectivity index (χ3n) is 4.53. The zero-order valence-electron chi connectivity index (χ0n) is 16.4. The second-order valence-corrected chi connectivity index (χ2v) is 8.85. The number of carbonyl (C=O) groups is 1. The highest BCUT2D eigenvalue weighted by molar-refractivity contribution is 9.10. The fourth-order valence-corrected chi connectivity index (χ4v) is 3.51. The third-order valence-corrected chi connectivity index (χ3v) is 5.30. The summed E-state index contributed by atoms with van der Waals surface area (Å²) >= 11 is 6.50. The van der Waals surface area contributed by atoms with Crippen LogP contribution in [0.4, 0.5) is 0 Å². The number of nitriles is 1. The van der Waals surface area contributed by atoms with Crippen LogP contribution in [-0.2, 0) is 0 Å². The van der Waals surface area contributed by atoms with Crippen molar-refractivity contribution >= 4 is 60.0 Å². The van der Waals surface area contributed by atoms with E-state index in [0.717, 1.165) is 15.8 Å². The summed E-state index contributed by atoms with van der Waals surface area (Å²) in [7, 11) is 0. The summed E-state index contributed by atoms with van der Waals surface area (Å²) in [6, 6.07) is 3.99. The van der Waals surface area contributed by atoms with Gasteiger partial charge in [0, 0.05) is 24.2 Å². The maximum absolute atomic E-state index is 12.7. The van der Waals surface area contributed by atoms with Gasteiger partial charge in [-0.25, -0.2) is 19.9 Å². The van der Waals surface area contributed by atoms with Crippen molar-refractivity contribution in [1.82, 2.24) is 29.9 Å². The molecule has 4 heterocycles. The van der Waals surface area contributed by atoms with Gasteiger partial charge >= 0.3 is 0 Å². The molecule has 30 heavy (non-hydrogen) atoms. The van der Waals surface area contributed by atoms with Crippen molar-refractivity contribution in [3.63, 3.8) is 0 Å². The molecule has 0 saturated heterocycles. The van der Waals surface area contributed by atoms with Crippen LogP contribution in [0.2, 0.25) is 0 Å². The van der Waals surface area contributed by atoms with Gasteiger partial charge < -0.3 is 9.97 Å². The third kappa shape index (κ3) is 5.09. The Balaban J connectivity index is 0.000000212. The highest BCUT2D eigenvalue weighted by Crippen LogP contribution is 2.30. The number of Topliss-reactive ketones (excluding diaryl/α,β-unsaturated/α-hetero) is 1. The lowest BCUT2D eigenvalue weighted by molar-refractivity contribution is 0.0826. The molecule has 0 aliphatic rings. The molecule has 4 aromatic heterocycles. The van der Waals surface area contributed by atoms with E-state index in [1.165, 1.54) is 0 Å².